The summed E-state index contributed by atoms with van der Waals surface area (Å²) in [5.41, 5.74) is 6.79. The van der Waals surface area contributed by atoms with Crippen molar-refractivity contribution in [3.05, 3.63) is 58.7 Å². The first kappa shape index (κ1) is 30.1. The molecule has 0 bridgehead atoms. The number of hydrogen-bond donors (Lipinski definition) is 0. The van der Waals surface area contributed by atoms with Crippen LogP contribution >= 0.6 is 0 Å². The molecule has 4 rings (SSSR count). The average molecular weight is 739 g/mol. The predicted octanol–water partition coefficient (Wildman–Crippen LogP) is 7.96. The molecule has 37 heavy (non-hydrogen) atoms. The van der Waals surface area contributed by atoms with Gasteiger partial charge in [-0.05, 0) is 0 Å². The summed E-state index contributed by atoms with van der Waals surface area (Å²) in [7, 11) is 0. The summed E-state index contributed by atoms with van der Waals surface area (Å²) in [6.07, 6.45) is 14.1. The van der Waals surface area contributed by atoms with Gasteiger partial charge in [0, 0.05) is 0 Å². The molecule has 2 aliphatic carbocycles. The van der Waals surface area contributed by atoms with Crippen LogP contribution in [0.2, 0.25) is 69.1 Å². The molecule has 0 aliphatic heterocycles. The normalized spacial score (nSPS) is 19.5. The molecule has 0 nitrogen and oxygen atoms in total. The Bertz CT molecular complexity index is 1140. The number of allylic oxidation sites excluding steroid dienone is 2. The van der Waals surface area contributed by atoms with Gasteiger partial charge in [0.15, 0.2) is 0 Å². The molecular weight excluding hydrogens is 687 g/mol. The van der Waals surface area contributed by atoms with E-state index < -0.39 is 53.1 Å². The van der Waals surface area contributed by atoms with Gasteiger partial charge in [0.25, 0.3) is 0 Å². The second kappa shape index (κ2) is 10.5. The van der Waals surface area contributed by atoms with Crippen molar-refractivity contribution in [2.24, 2.45) is 0 Å². The molecule has 0 N–H and O–H groups in total. The zero-order valence-corrected chi connectivity index (χ0v) is 34.3. The van der Waals surface area contributed by atoms with E-state index in [0.717, 1.165) is 0 Å². The summed E-state index contributed by atoms with van der Waals surface area (Å²) in [5, 5.41) is 0. The Kier molecular flexibility index (Phi) is 8.52. The van der Waals surface area contributed by atoms with Crippen LogP contribution in [0, 0.1) is 0 Å². The summed E-state index contributed by atoms with van der Waals surface area (Å²) in [4.78, 5) is 0. The topological polar surface area (TPSA) is 0 Å². The molecule has 0 aromatic heterocycles. The van der Waals surface area contributed by atoms with E-state index in [1.54, 1.807) is 39.8 Å². The van der Waals surface area contributed by atoms with Gasteiger partial charge in [-0.2, -0.15) is 0 Å². The van der Waals surface area contributed by atoms with Gasteiger partial charge >= 0.3 is 242 Å². The molecule has 2 unspecified atom stereocenters. The summed E-state index contributed by atoms with van der Waals surface area (Å²) in [5.74, 6) is 32.1. The van der Waals surface area contributed by atoms with Crippen LogP contribution in [-0.4, -0.2) is 53.1 Å². The molecule has 0 saturated carbocycles. The monoisotopic (exact) mass is 744 g/mol. The molecular formula is C33H52Ge4. The molecule has 2 aromatic rings. The molecule has 2 atom stereocenters. The molecule has 0 spiro atoms. The second-order valence-electron chi connectivity index (χ2n) is 15.8. The van der Waals surface area contributed by atoms with Gasteiger partial charge in [-0.1, -0.05) is 0 Å². The number of benzene rings is 2. The maximum atomic E-state index is 2.58. The number of hydrogen-bond acceptors (Lipinski definition) is 0. The quantitative estimate of drug-likeness (QED) is 0.241. The van der Waals surface area contributed by atoms with Crippen molar-refractivity contribution in [1.82, 2.24) is 0 Å². The van der Waals surface area contributed by atoms with E-state index in [0.29, 0.717) is 11.8 Å². The molecule has 2 aromatic carbocycles. The van der Waals surface area contributed by atoms with Crippen molar-refractivity contribution in [2.45, 2.75) is 100 Å². The third kappa shape index (κ3) is 6.22. The van der Waals surface area contributed by atoms with E-state index in [1.807, 2.05) is 0 Å². The zero-order chi connectivity index (χ0) is 27.6. The summed E-state index contributed by atoms with van der Waals surface area (Å²) < 4.78 is 6.96. The Labute approximate surface area is 239 Å². The van der Waals surface area contributed by atoms with Crippen LogP contribution in [0.4, 0.5) is 0 Å². The van der Waals surface area contributed by atoms with Crippen LogP contribution in [0.25, 0.3) is 12.2 Å². The van der Waals surface area contributed by atoms with Gasteiger partial charge in [-0.25, -0.2) is 0 Å². The van der Waals surface area contributed by atoms with E-state index in [4.69, 9.17) is 0 Å². The summed E-state index contributed by atoms with van der Waals surface area (Å²) >= 11 is -7.74. The zero-order valence-electron chi connectivity index (χ0n) is 25.9. The minimum absolute atomic E-state index is 0.625. The molecule has 0 amide bonds. The van der Waals surface area contributed by atoms with Crippen molar-refractivity contribution in [2.75, 3.05) is 0 Å². The van der Waals surface area contributed by atoms with E-state index >= 15 is 0 Å². The Balaban J connectivity index is 1.61. The molecule has 4 heteroatoms. The van der Waals surface area contributed by atoms with Crippen molar-refractivity contribution in [3.63, 3.8) is 0 Å². The van der Waals surface area contributed by atoms with Crippen LogP contribution in [0.15, 0.2) is 36.4 Å². The third-order valence-corrected chi connectivity index (χ3v) is 25.8. The predicted molar refractivity (Wildman–Crippen MR) is 182 cm³/mol. The summed E-state index contributed by atoms with van der Waals surface area (Å²) in [6, 6.07) is 10.2. The van der Waals surface area contributed by atoms with Crippen molar-refractivity contribution >= 4 is 82.8 Å². The van der Waals surface area contributed by atoms with Gasteiger partial charge in [-0.3, -0.25) is 0 Å². The first-order chi connectivity index (χ1) is 16.9. The Morgan fingerprint density at radius 2 is 0.757 bits per heavy atom. The van der Waals surface area contributed by atoms with E-state index in [9.17, 15) is 0 Å². The average Bonchev–Trinajstić information content (AvgIpc) is 3.34. The fourth-order valence-corrected chi connectivity index (χ4v) is 20.6. The van der Waals surface area contributed by atoms with E-state index in [-0.39, 0.29) is 0 Å². The molecule has 0 saturated heterocycles. The van der Waals surface area contributed by atoms with Crippen molar-refractivity contribution in [1.29, 1.82) is 0 Å². The first-order valence-corrected chi connectivity index (χ1v) is 44.0. The van der Waals surface area contributed by atoms with E-state index in [2.05, 4.69) is 118 Å². The standard InChI is InChI=1S/C33H52Ge4/c1-34(2,3)28-20-22-30(36(7,8)9)32-24(16-18-26(28)32)14-13-15-25-17-19-27-29(35(4,5)6)21-23-31(33(25)27)37(10,11)12/h16-25H,13-15H2,1-12H3. The Hall–Kier alpha value is 0.0914. The number of fused-ring (bicyclic) bond motifs is 2. The van der Waals surface area contributed by atoms with Crippen LogP contribution in [0.1, 0.15) is 53.4 Å². The van der Waals surface area contributed by atoms with Gasteiger partial charge in [0.1, 0.15) is 0 Å². The number of rotatable bonds is 8. The van der Waals surface area contributed by atoms with Crippen LogP contribution in [0.3, 0.4) is 0 Å². The molecule has 0 fully saturated rings. The third-order valence-electron chi connectivity index (χ3n) is 8.57. The van der Waals surface area contributed by atoms with Gasteiger partial charge in [0.05, 0.1) is 0 Å². The Morgan fingerprint density at radius 1 is 0.459 bits per heavy atom. The van der Waals surface area contributed by atoms with Crippen LogP contribution in [-0.2, 0) is 0 Å². The molecule has 0 heterocycles. The fourth-order valence-electron chi connectivity index (χ4n) is 6.70. The van der Waals surface area contributed by atoms with Gasteiger partial charge < -0.3 is 0 Å². The van der Waals surface area contributed by atoms with Crippen molar-refractivity contribution in [3.8, 4) is 0 Å². The maximum absolute atomic E-state index is 2.58. The van der Waals surface area contributed by atoms with Gasteiger partial charge in [0.2, 0.25) is 0 Å². The van der Waals surface area contributed by atoms with Crippen molar-refractivity contribution < 1.29 is 0 Å². The molecule has 200 valence electrons. The molecule has 2 aliphatic rings. The summed E-state index contributed by atoms with van der Waals surface area (Å²) in [6.45, 7) is 0. The fraction of sp³-hybridized carbons (Fsp3) is 0.515. The second-order valence-corrected chi connectivity index (χ2v) is 58.1. The van der Waals surface area contributed by atoms with E-state index in [1.165, 1.54) is 19.3 Å². The minimum atomic E-state index is -1.95. The van der Waals surface area contributed by atoms with Crippen LogP contribution in [0.5, 0.6) is 0 Å². The van der Waals surface area contributed by atoms with Gasteiger partial charge in [-0.15, -0.1) is 0 Å². The SMILES string of the molecule is [CH3][Ge]([CH3])([CH3])[c]1cc[c]([Ge]([CH3])([CH3])[CH3])c2c1C=CC2CCCC1C=Cc2[c]([Ge]([CH3])([CH3])[CH3])cc[c]([Ge]([CH3])([CH3])[CH3])c21. The Morgan fingerprint density at radius 3 is 1.05 bits per heavy atom. The first-order valence-electron chi connectivity index (χ1n) is 14.6. The molecule has 0 radical (unpaired) electrons. The van der Waals surface area contributed by atoms with Crippen LogP contribution < -0.4 is 17.6 Å².